The molecule has 0 radical (unpaired) electrons. The molecule has 3 nitrogen and oxygen atoms in total. The molecule has 1 heterocycles. The highest BCUT2D eigenvalue weighted by atomic mass is 16.3. The molecule has 0 spiro atoms. The van der Waals surface area contributed by atoms with Crippen LogP contribution in [0.15, 0.2) is 46.9 Å². The van der Waals surface area contributed by atoms with Crippen molar-refractivity contribution in [1.82, 2.24) is 5.32 Å². The molecule has 1 N–H and O–H groups in total. The Labute approximate surface area is 131 Å². The van der Waals surface area contributed by atoms with Crippen molar-refractivity contribution in [3.8, 4) is 11.3 Å². The highest BCUT2D eigenvalue weighted by Crippen LogP contribution is 2.22. The summed E-state index contributed by atoms with van der Waals surface area (Å²) >= 11 is 0. The van der Waals surface area contributed by atoms with Gasteiger partial charge in [0.05, 0.1) is 0 Å². The average Bonchev–Trinajstić information content (AvgIpc) is 3.04. The highest BCUT2D eigenvalue weighted by molar-refractivity contribution is 5.76. The fraction of sp³-hybridized carbons (Fsp3) is 0.421. The number of hydrogen-bond donors (Lipinski definition) is 1. The van der Waals surface area contributed by atoms with Crippen molar-refractivity contribution in [3.63, 3.8) is 0 Å². The first-order valence-electron chi connectivity index (χ1n) is 8.25. The number of rotatable bonds is 5. The molecular weight excluding hydrogens is 274 g/mol. The van der Waals surface area contributed by atoms with E-state index in [4.69, 9.17) is 4.42 Å². The van der Waals surface area contributed by atoms with Crippen LogP contribution in [0.25, 0.3) is 11.3 Å². The van der Waals surface area contributed by atoms with Crippen LogP contribution >= 0.6 is 0 Å². The summed E-state index contributed by atoms with van der Waals surface area (Å²) in [6, 6.07) is 14.4. The Morgan fingerprint density at radius 1 is 1.05 bits per heavy atom. The Bertz CT molecular complexity index is 597. The van der Waals surface area contributed by atoms with Gasteiger partial charge in [0.2, 0.25) is 5.91 Å². The standard InChI is InChI=1S/C19H23NO2/c21-19(20-16-9-5-2-6-10-16)14-12-17-11-13-18(22-17)15-7-3-1-4-8-15/h1,3-4,7-8,11,13,16H,2,5-6,9-10,12,14H2,(H,20,21). The smallest absolute Gasteiger partial charge is 0.220 e. The lowest BCUT2D eigenvalue weighted by atomic mass is 9.95. The van der Waals surface area contributed by atoms with Gasteiger partial charge in [0.15, 0.2) is 0 Å². The first-order valence-corrected chi connectivity index (χ1v) is 8.25. The van der Waals surface area contributed by atoms with Gasteiger partial charge in [0, 0.05) is 24.4 Å². The summed E-state index contributed by atoms with van der Waals surface area (Å²) in [5.41, 5.74) is 1.07. The van der Waals surface area contributed by atoms with Crippen molar-refractivity contribution >= 4 is 5.91 Å². The van der Waals surface area contributed by atoms with Crippen molar-refractivity contribution in [3.05, 3.63) is 48.2 Å². The fourth-order valence-corrected chi connectivity index (χ4v) is 3.05. The van der Waals surface area contributed by atoms with Gasteiger partial charge >= 0.3 is 0 Å². The van der Waals surface area contributed by atoms with Crippen LogP contribution in [-0.2, 0) is 11.2 Å². The van der Waals surface area contributed by atoms with Crippen molar-refractivity contribution in [2.24, 2.45) is 0 Å². The zero-order chi connectivity index (χ0) is 15.2. The molecule has 0 saturated heterocycles. The summed E-state index contributed by atoms with van der Waals surface area (Å²) in [5.74, 6) is 1.88. The zero-order valence-corrected chi connectivity index (χ0v) is 12.9. The molecule has 0 aliphatic heterocycles. The van der Waals surface area contributed by atoms with Gasteiger partial charge in [-0.2, -0.15) is 0 Å². The van der Waals surface area contributed by atoms with E-state index >= 15 is 0 Å². The SMILES string of the molecule is O=C(CCc1ccc(-c2ccccc2)o1)NC1CCCCC1. The van der Waals surface area contributed by atoms with Crippen LogP contribution in [0.4, 0.5) is 0 Å². The van der Waals surface area contributed by atoms with E-state index in [0.29, 0.717) is 18.9 Å². The molecule has 2 aromatic rings. The Balaban J connectivity index is 1.49. The van der Waals surface area contributed by atoms with Crippen LogP contribution in [0.3, 0.4) is 0 Å². The third-order valence-electron chi connectivity index (χ3n) is 4.29. The normalized spacial score (nSPS) is 15.6. The molecule has 1 saturated carbocycles. The molecule has 1 aromatic heterocycles. The van der Waals surface area contributed by atoms with E-state index in [0.717, 1.165) is 29.9 Å². The third kappa shape index (κ3) is 4.00. The lowest BCUT2D eigenvalue weighted by Gasteiger charge is -2.22. The summed E-state index contributed by atoms with van der Waals surface area (Å²) in [6.45, 7) is 0. The minimum atomic E-state index is 0.143. The molecule has 3 rings (SSSR count). The summed E-state index contributed by atoms with van der Waals surface area (Å²) < 4.78 is 5.83. The molecule has 116 valence electrons. The minimum Gasteiger partial charge on any atom is -0.461 e. The molecular formula is C19H23NO2. The van der Waals surface area contributed by atoms with E-state index in [1.54, 1.807) is 0 Å². The van der Waals surface area contributed by atoms with Crippen LogP contribution in [0.1, 0.15) is 44.3 Å². The lowest BCUT2D eigenvalue weighted by Crippen LogP contribution is -2.36. The highest BCUT2D eigenvalue weighted by Gasteiger charge is 2.15. The maximum Gasteiger partial charge on any atom is 0.220 e. The molecule has 1 aliphatic rings. The van der Waals surface area contributed by atoms with E-state index in [1.165, 1.54) is 19.3 Å². The molecule has 0 atom stereocenters. The number of furan rings is 1. The second kappa shape index (κ2) is 7.30. The van der Waals surface area contributed by atoms with Crippen LogP contribution < -0.4 is 5.32 Å². The largest absolute Gasteiger partial charge is 0.461 e. The Morgan fingerprint density at radius 3 is 2.59 bits per heavy atom. The van der Waals surface area contributed by atoms with Gasteiger partial charge in [-0.3, -0.25) is 4.79 Å². The quantitative estimate of drug-likeness (QED) is 0.892. The van der Waals surface area contributed by atoms with Gasteiger partial charge < -0.3 is 9.73 Å². The first kappa shape index (κ1) is 14.9. The molecule has 0 bridgehead atoms. The van der Waals surface area contributed by atoms with Crippen LogP contribution in [0.2, 0.25) is 0 Å². The van der Waals surface area contributed by atoms with E-state index in [1.807, 2.05) is 42.5 Å². The van der Waals surface area contributed by atoms with E-state index in [-0.39, 0.29) is 5.91 Å². The topological polar surface area (TPSA) is 42.2 Å². The number of aryl methyl sites for hydroxylation is 1. The second-order valence-corrected chi connectivity index (χ2v) is 6.03. The molecule has 1 fully saturated rings. The average molecular weight is 297 g/mol. The van der Waals surface area contributed by atoms with Gasteiger partial charge in [0.25, 0.3) is 0 Å². The van der Waals surface area contributed by atoms with Crippen LogP contribution in [0, 0.1) is 0 Å². The summed E-state index contributed by atoms with van der Waals surface area (Å²) in [7, 11) is 0. The van der Waals surface area contributed by atoms with Gasteiger partial charge in [-0.25, -0.2) is 0 Å². The summed E-state index contributed by atoms with van der Waals surface area (Å²) in [5, 5.41) is 3.15. The van der Waals surface area contributed by atoms with Gasteiger partial charge in [-0.05, 0) is 25.0 Å². The van der Waals surface area contributed by atoms with Crippen molar-refractivity contribution in [1.29, 1.82) is 0 Å². The van der Waals surface area contributed by atoms with Crippen molar-refractivity contribution in [2.75, 3.05) is 0 Å². The number of benzene rings is 1. The molecule has 0 unspecified atom stereocenters. The monoisotopic (exact) mass is 297 g/mol. The molecule has 1 amide bonds. The fourth-order valence-electron chi connectivity index (χ4n) is 3.05. The van der Waals surface area contributed by atoms with Gasteiger partial charge in [-0.15, -0.1) is 0 Å². The van der Waals surface area contributed by atoms with E-state index < -0.39 is 0 Å². The second-order valence-electron chi connectivity index (χ2n) is 6.03. The van der Waals surface area contributed by atoms with Crippen molar-refractivity contribution < 1.29 is 9.21 Å². The minimum absolute atomic E-state index is 0.143. The molecule has 1 aromatic carbocycles. The third-order valence-corrected chi connectivity index (χ3v) is 4.29. The molecule has 22 heavy (non-hydrogen) atoms. The number of carbonyl (C=O) groups is 1. The maximum atomic E-state index is 12.0. The van der Waals surface area contributed by atoms with E-state index in [2.05, 4.69) is 5.32 Å². The Hall–Kier alpha value is -2.03. The van der Waals surface area contributed by atoms with Crippen LogP contribution in [0.5, 0.6) is 0 Å². The number of carbonyl (C=O) groups excluding carboxylic acids is 1. The number of amides is 1. The van der Waals surface area contributed by atoms with Gasteiger partial charge in [0.1, 0.15) is 11.5 Å². The molecule has 1 aliphatic carbocycles. The number of hydrogen-bond acceptors (Lipinski definition) is 2. The first-order chi connectivity index (χ1) is 10.8. The van der Waals surface area contributed by atoms with Crippen LogP contribution in [-0.4, -0.2) is 11.9 Å². The Kier molecular flexibility index (Phi) is 4.94. The summed E-state index contributed by atoms with van der Waals surface area (Å²) in [4.78, 5) is 12.0. The zero-order valence-electron chi connectivity index (χ0n) is 12.9. The Morgan fingerprint density at radius 2 is 1.82 bits per heavy atom. The van der Waals surface area contributed by atoms with Gasteiger partial charge in [-0.1, -0.05) is 49.6 Å². The molecule has 3 heteroatoms. The van der Waals surface area contributed by atoms with E-state index in [9.17, 15) is 4.79 Å². The summed E-state index contributed by atoms with van der Waals surface area (Å²) in [6.07, 6.45) is 7.20. The van der Waals surface area contributed by atoms with Crippen molar-refractivity contribution in [2.45, 2.75) is 51.0 Å². The maximum absolute atomic E-state index is 12.0. The lowest BCUT2D eigenvalue weighted by molar-refractivity contribution is -0.122. The predicted octanol–water partition coefficient (Wildman–Crippen LogP) is 4.33. The number of nitrogens with one attached hydrogen (secondary N) is 1. The predicted molar refractivity (Wildman–Crippen MR) is 87.5 cm³/mol.